The summed E-state index contributed by atoms with van der Waals surface area (Å²) in [5.41, 5.74) is 2.73. The van der Waals surface area contributed by atoms with Crippen molar-refractivity contribution in [1.82, 2.24) is 14.8 Å². The van der Waals surface area contributed by atoms with E-state index in [-0.39, 0.29) is 6.04 Å². The number of ether oxygens (including phenoxy) is 2. The predicted octanol–water partition coefficient (Wildman–Crippen LogP) is 4.75. The summed E-state index contributed by atoms with van der Waals surface area (Å²) in [6.07, 6.45) is 3.13. The van der Waals surface area contributed by atoms with Gasteiger partial charge in [-0.1, -0.05) is 31.8 Å². The number of anilines is 4. The number of carbonyl (C=O) groups is 2. The van der Waals surface area contributed by atoms with Crippen LogP contribution in [0.3, 0.4) is 0 Å². The Morgan fingerprint density at radius 1 is 1.22 bits per heavy atom. The Balaban J connectivity index is 1.63. The smallest absolute Gasteiger partial charge is 0.291 e. The number of nitrogens with one attached hydrogen (secondary N) is 3. The van der Waals surface area contributed by atoms with Crippen LogP contribution in [0.2, 0.25) is 25.7 Å². The Labute approximate surface area is 241 Å². The molecule has 1 amide bonds. The van der Waals surface area contributed by atoms with Gasteiger partial charge in [-0.05, 0) is 42.3 Å². The van der Waals surface area contributed by atoms with Crippen LogP contribution in [0, 0.1) is 5.41 Å². The number of hydrogen-bond acceptors (Lipinski definition) is 9. The molecule has 3 N–H and O–H groups in total. The molecule has 1 fully saturated rings. The zero-order valence-electron chi connectivity index (χ0n) is 24.4. The van der Waals surface area contributed by atoms with Crippen LogP contribution < -0.4 is 15.5 Å². The van der Waals surface area contributed by atoms with Crippen LogP contribution in [0.5, 0.6) is 0 Å². The topological polar surface area (TPSA) is 134 Å². The summed E-state index contributed by atoms with van der Waals surface area (Å²) in [7, 11) is -1.17. The number of benzene rings is 1. The lowest BCUT2D eigenvalue weighted by molar-refractivity contribution is -0.133. The second-order valence-corrected chi connectivity index (χ2v) is 17.0. The fraction of sp³-hybridized carbons (Fsp3) is 0.414. The Hall–Kier alpha value is -3.87. The van der Waals surface area contributed by atoms with E-state index in [0.29, 0.717) is 56.0 Å². The van der Waals surface area contributed by atoms with Crippen molar-refractivity contribution in [2.24, 2.45) is 0 Å². The number of hydrogen-bond donors (Lipinski definition) is 3. The zero-order valence-corrected chi connectivity index (χ0v) is 25.4. The van der Waals surface area contributed by atoms with E-state index in [1.807, 2.05) is 30.5 Å². The maximum absolute atomic E-state index is 11.8. The fourth-order valence-corrected chi connectivity index (χ4v) is 5.10. The van der Waals surface area contributed by atoms with Gasteiger partial charge >= 0.3 is 0 Å². The van der Waals surface area contributed by atoms with Gasteiger partial charge in [0.1, 0.15) is 18.4 Å². The van der Waals surface area contributed by atoms with Gasteiger partial charge in [0, 0.05) is 57.9 Å². The number of aromatic nitrogens is 3. The molecule has 2 aromatic heterocycles. The molecule has 0 bridgehead atoms. The molecular formula is C29H39N7O4Si. The summed E-state index contributed by atoms with van der Waals surface area (Å²) in [4.78, 5) is 30.3. The lowest BCUT2D eigenvalue weighted by Gasteiger charge is -2.35. The van der Waals surface area contributed by atoms with Crippen LogP contribution >= 0.6 is 0 Å². The number of morpholine rings is 1. The molecule has 0 aliphatic carbocycles. The Kier molecular flexibility index (Phi) is 9.68. The van der Waals surface area contributed by atoms with Crippen LogP contribution in [0.15, 0.2) is 42.6 Å². The Bertz CT molecular complexity index is 1380. The van der Waals surface area contributed by atoms with Gasteiger partial charge in [-0.2, -0.15) is 5.10 Å². The fourth-order valence-electron chi connectivity index (χ4n) is 4.35. The molecule has 41 heavy (non-hydrogen) atoms. The normalized spacial score (nSPS) is 15.4. The zero-order chi connectivity index (χ0) is 29.6. The highest BCUT2D eigenvalue weighted by Gasteiger charge is 2.23. The summed E-state index contributed by atoms with van der Waals surface area (Å²) in [6.45, 7) is 13.2. The minimum absolute atomic E-state index is 0.125. The molecule has 0 saturated carbocycles. The number of ketones is 1. The molecule has 4 rings (SSSR count). The standard InChI is InChI=1S/C29H39N7O4Si/c1-20-18-39-13-12-36(20)27-16-24(22-6-8-23(9-7-22)31-29(38)21(2)37)25(17-30)28(33-27)32-26-10-11-35(34-26)19-40-14-15-41(3,4)5/h6-11,16-17,20,30H,12-15,18-19H2,1-5H3,(H,31,38)(H,32,33,34)/t20-/m1/s1. The third-order valence-corrected chi connectivity index (χ3v) is 8.44. The van der Waals surface area contributed by atoms with E-state index in [9.17, 15) is 9.59 Å². The van der Waals surface area contributed by atoms with Gasteiger partial charge in [0.2, 0.25) is 5.78 Å². The van der Waals surface area contributed by atoms with Gasteiger partial charge in [-0.3, -0.25) is 9.59 Å². The van der Waals surface area contributed by atoms with Crippen LogP contribution in [0.1, 0.15) is 19.4 Å². The number of nitrogens with zero attached hydrogens (tertiary/aromatic N) is 4. The van der Waals surface area contributed by atoms with E-state index in [2.05, 4.69) is 47.2 Å². The number of amides is 1. The van der Waals surface area contributed by atoms with Crippen molar-refractivity contribution in [2.45, 2.75) is 52.3 Å². The molecular weight excluding hydrogens is 538 g/mol. The van der Waals surface area contributed by atoms with Crippen molar-refractivity contribution in [1.29, 1.82) is 5.41 Å². The highest BCUT2D eigenvalue weighted by molar-refractivity contribution is 6.76. The molecule has 1 aliphatic rings. The first-order valence-electron chi connectivity index (χ1n) is 13.7. The summed E-state index contributed by atoms with van der Waals surface area (Å²) in [5, 5.41) is 18.8. The van der Waals surface area contributed by atoms with Crippen molar-refractivity contribution in [2.75, 3.05) is 41.9 Å². The van der Waals surface area contributed by atoms with E-state index >= 15 is 0 Å². The molecule has 218 valence electrons. The van der Waals surface area contributed by atoms with E-state index in [0.717, 1.165) is 23.0 Å². The monoisotopic (exact) mass is 577 g/mol. The minimum Gasteiger partial charge on any atom is -0.377 e. The Morgan fingerprint density at radius 3 is 2.63 bits per heavy atom. The third kappa shape index (κ3) is 8.09. The van der Waals surface area contributed by atoms with Gasteiger partial charge in [0.15, 0.2) is 5.82 Å². The van der Waals surface area contributed by atoms with E-state index < -0.39 is 19.8 Å². The molecule has 0 spiro atoms. The molecule has 12 heteroatoms. The second kappa shape index (κ2) is 13.2. The largest absolute Gasteiger partial charge is 0.377 e. The van der Waals surface area contributed by atoms with Crippen molar-refractivity contribution >= 4 is 49.1 Å². The summed E-state index contributed by atoms with van der Waals surface area (Å²) in [5.74, 6) is 0.625. The maximum atomic E-state index is 11.8. The van der Waals surface area contributed by atoms with Crippen molar-refractivity contribution < 1.29 is 19.1 Å². The van der Waals surface area contributed by atoms with Crippen LogP contribution in [0.4, 0.5) is 23.1 Å². The lowest BCUT2D eigenvalue weighted by Crippen LogP contribution is -2.44. The minimum atomic E-state index is -1.17. The summed E-state index contributed by atoms with van der Waals surface area (Å²) >= 11 is 0. The van der Waals surface area contributed by atoms with E-state index in [4.69, 9.17) is 19.9 Å². The van der Waals surface area contributed by atoms with Crippen molar-refractivity contribution in [3.63, 3.8) is 0 Å². The molecule has 1 saturated heterocycles. The molecule has 0 unspecified atom stereocenters. The molecule has 1 aromatic carbocycles. The quantitative estimate of drug-likeness (QED) is 0.122. The predicted molar refractivity (Wildman–Crippen MR) is 164 cm³/mol. The van der Waals surface area contributed by atoms with E-state index in [1.54, 1.807) is 16.8 Å². The lowest BCUT2D eigenvalue weighted by atomic mass is 10.00. The van der Waals surface area contributed by atoms with Crippen LogP contribution in [-0.4, -0.2) is 73.2 Å². The first kappa shape index (κ1) is 30.1. The highest BCUT2D eigenvalue weighted by Crippen LogP contribution is 2.34. The Morgan fingerprint density at radius 2 is 1.98 bits per heavy atom. The summed E-state index contributed by atoms with van der Waals surface area (Å²) < 4.78 is 13.2. The van der Waals surface area contributed by atoms with Gasteiger partial charge in [0.05, 0.1) is 19.3 Å². The molecule has 3 heterocycles. The molecule has 0 radical (unpaired) electrons. The molecule has 11 nitrogen and oxygen atoms in total. The van der Waals surface area contributed by atoms with Crippen molar-refractivity contribution in [3.05, 3.63) is 48.2 Å². The number of rotatable bonds is 12. The van der Waals surface area contributed by atoms with Crippen molar-refractivity contribution in [3.8, 4) is 11.1 Å². The highest BCUT2D eigenvalue weighted by atomic mass is 28.3. The molecule has 1 atom stereocenters. The average Bonchev–Trinajstić information content (AvgIpc) is 3.38. The number of Topliss-reactive ketones (excluding diaryl/α,β-unsaturated/α-hetero) is 1. The van der Waals surface area contributed by atoms with Crippen LogP contribution in [-0.2, 0) is 25.8 Å². The van der Waals surface area contributed by atoms with Crippen LogP contribution in [0.25, 0.3) is 11.1 Å². The molecule has 1 aliphatic heterocycles. The molecule has 3 aromatic rings. The number of pyridine rings is 1. The van der Waals surface area contributed by atoms with Gasteiger partial charge < -0.3 is 30.4 Å². The average molecular weight is 578 g/mol. The van der Waals surface area contributed by atoms with Gasteiger partial charge in [0.25, 0.3) is 5.91 Å². The first-order chi connectivity index (χ1) is 19.5. The summed E-state index contributed by atoms with van der Waals surface area (Å²) in [6, 6.07) is 12.2. The first-order valence-corrected chi connectivity index (χ1v) is 17.5. The van der Waals surface area contributed by atoms with E-state index in [1.165, 1.54) is 13.1 Å². The third-order valence-electron chi connectivity index (χ3n) is 6.73. The number of carbonyl (C=O) groups excluding carboxylic acids is 2. The van der Waals surface area contributed by atoms with Gasteiger partial charge in [-0.25, -0.2) is 9.67 Å². The SMILES string of the molecule is CC(=O)C(=O)Nc1ccc(-c2cc(N3CCOC[C@H]3C)nc(Nc3ccn(COCC[Si](C)(C)C)n3)c2C=N)cc1. The van der Waals surface area contributed by atoms with Gasteiger partial charge in [-0.15, -0.1) is 0 Å². The second-order valence-electron chi connectivity index (χ2n) is 11.4. The maximum Gasteiger partial charge on any atom is 0.291 e.